The van der Waals surface area contributed by atoms with Crippen LogP contribution in [-0.2, 0) is 6.42 Å². The third-order valence-corrected chi connectivity index (χ3v) is 0.967. The molecule has 0 unspecified atom stereocenters. The molecule has 1 radical (unpaired) electrons. The van der Waals surface area contributed by atoms with Gasteiger partial charge in [0, 0.05) is 17.4 Å². The molecule has 0 fully saturated rings. The SMILES string of the molecule is [S]CCc1conn1. The van der Waals surface area contributed by atoms with Crippen LogP contribution >= 0.6 is 12.6 Å². The Morgan fingerprint density at radius 2 is 2.62 bits per heavy atom. The van der Waals surface area contributed by atoms with Gasteiger partial charge in [0.1, 0.15) is 12.0 Å². The van der Waals surface area contributed by atoms with Gasteiger partial charge in [-0.15, -0.1) is 5.10 Å². The molecule has 0 aliphatic carbocycles. The zero-order chi connectivity index (χ0) is 5.82. The van der Waals surface area contributed by atoms with Gasteiger partial charge in [-0.2, -0.15) is 0 Å². The highest BCUT2D eigenvalue weighted by atomic mass is 32.1. The summed E-state index contributed by atoms with van der Waals surface area (Å²) in [6.45, 7) is 0. The number of hydrogen-bond donors (Lipinski definition) is 0. The fraction of sp³-hybridized carbons (Fsp3) is 0.500. The smallest absolute Gasteiger partial charge is 0.147 e. The first kappa shape index (κ1) is 5.62. The molecule has 0 saturated carbocycles. The van der Waals surface area contributed by atoms with Gasteiger partial charge in [-0.05, 0) is 0 Å². The average molecular weight is 129 g/mol. The van der Waals surface area contributed by atoms with Crippen molar-refractivity contribution in [2.24, 2.45) is 0 Å². The van der Waals surface area contributed by atoms with Crippen molar-refractivity contribution in [2.75, 3.05) is 5.75 Å². The molecular formula is C4H5N2OS. The third kappa shape index (κ3) is 1.23. The Balaban J connectivity index is 2.50. The topological polar surface area (TPSA) is 38.9 Å². The van der Waals surface area contributed by atoms with Crippen molar-refractivity contribution in [1.82, 2.24) is 10.4 Å². The Hall–Kier alpha value is -0.510. The molecule has 0 aliphatic rings. The lowest BCUT2D eigenvalue weighted by atomic mass is 10.4. The van der Waals surface area contributed by atoms with Crippen LogP contribution in [0.2, 0.25) is 0 Å². The quantitative estimate of drug-likeness (QED) is 0.593. The Labute approximate surface area is 52.5 Å². The maximum absolute atomic E-state index is 4.69. The minimum Gasteiger partial charge on any atom is -0.345 e. The van der Waals surface area contributed by atoms with E-state index in [0.29, 0.717) is 5.75 Å². The molecular weight excluding hydrogens is 124 g/mol. The zero-order valence-electron chi connectivity index (χ0n) is 4.20. The summed E-state index contributed by atoms with van der Waals surface area (Å²) in [4.78, 5) is 0. The number of aromatic nitrogens is 2. The van der Waals surface area contributed by atoms with Gasteiger partial charge in [-0.3, -0.25) is 0 Å². The highest BCUT2D eigenvalue weighted by molar-refractivity contribution is 7.80. The molecule has 0 aromatic carbocycles. The third-order valence-electron chi connectivity index (χ3n) is 0.763. The summed E-state index contributed by atoms with van der Waals surface area (Å²) in [6, 6.07) is 0. The van der Waals surface area contributed by atoms with Gasteiger partial charge in [0.25, 0.3) is 0 Å². The summed E-state index contributed by atoms with van der Waals surface area (Å²) in [6.07, 6.45) is 2.28. The van der Waals surface area contributed by atoms with Crippen molar-refractivity contribution in [2.45, 2.75) is 6.42 Å². The highest BCUT2D eigenvalue weighted by Crippen LogP contribution is 1.92. The number of nitrogens with zero attached hydrogens (tertiary/aromatic N) is 2. The Morgan fingerprint density at radius 1 is 1.75 bits per heavy atom. The van der Waals surface area contributed by atoms with Crippen LogP contribution in [0.15, 0.2) is 10.8 Å². The molecule has 43 valence electrons. The molecule has 0 N–H and O–H groups in total. The molecule has 0 amide bonds. The number of hydrogen-bond acceptors (Lipinski definition) is 3. The van der Waals surface area contributed by atoms with E-state index < -0.39 is 0 Å². The van der Waals surface area contributed by atoms with Crippen LogP contribution in [0, 0.1) is 0 Å². The minimum absolute atomic E-state index is 0.675. The molecule has 8 heavy (non-hydrogen) atoms. The van der Waals surface area contributed by atoms with E-state index in [0.717, 1.165) is 12.1 Å². The zero-order valence-corrected chi connectivity index (χ0v) is 5.02. The molecule has 1 aromatic heterocycles. The van der Waals surface area contributed by atoms with Crippen LogP contribution in [0.25, 0.3) is 0 Å². The van der Waals surface area contributed by atoms with E-state index >= 15 is 0 Å². The average Bonchev–Trinajstić information content (AvgIpc) is 2.19. The predicted octanol–water partition coefficient (Wildman–Crippen LogP) is 0.810. The van der Waals surface area contributed by atoms with Crippen LogP contribution < -0.4 is 0 Å². The predicted molar refractivity (Wildman–Crippen MR) is 30.5 cm³/mol. The van der Waals surface area contributed by atoms with Crippen molar-refractivity contribution >= 4 is 12.6 Å². The molecule has 0 bridgehead atoms. The lowest BCUT2D eigenvalue weighted by Crippen LogP contribution is -1.84. The first-order valence-electron chi connectivity index (χ1n) is 2.27. The van der Waals surface area contributed by atoms with Crippen LogP contribution in [-0.4, -0.2) is 16.1 Å². The van der Waals surface area contributed by atoms with Gasteiger partial charge in [0.05, 0.1) is 0 Å². The van der Waals surface area contributed by atoms with Crippen molar-refractivity contribution in [1.29, 1.82) is 0 Å². The van der Waals surface area contributed by atoms with E-state index in [1.807, 2.05) is 0 Å². The standard InChI is InChI=1S/C4H5N2OS/c8-2-1-4-3-7-6-5-4/h3H,1-2H2. The van der Waals surface area contributed by atoms with Crippen molar-refractivity contribution in [3.05, 3.63) is 12.0 Å². The van der Waals surface area contributed by atoms with Crippen LogP contribution in [0.1, 0.15) is 5.69 Å². The van der Waals surface area contributed by atoms with E-state index in [2.05, 4.69) is 14.9 Å². The first-order valence-corrected chi connectivity index (χ1v) is 2.85. The monoisotopic (exact) mass is 129 g/mol. The van der Waals surface area contributed by atoms with E-state index in [1.54, 1.807) is 0 Å². The molecule has 1 aromatic rings. The summed E-state index contributed by atoms with van der Waals surface area (Å²) in [5, 5.41) is 6.89. The highest BCUT2D eigenvalue weighted by Gasteiger charge is 1.92. The van der Waals surface area contributed by atoms with Crippen molar-refractivity contribution in [3.8, 4) is 0 Å². The Morgan fingerprint density at radius 3 is 3.12 bits per heavy atom. The van der Waals surface area contributed by atoms with E-state index in [4.69, 9.17) is 12.6 Å². The number of aryl methyl sites for hydroxylation is 1. The largest absolute Gasteiger partial charge is 0.345 e. The second-order valence-corrected chi connectivity index (χ2v) is 1.76. The molecule has 3 nitrogen and oxygen atoms in total. The fourth-order valence-corrected chi connectivity index (χ4v) is 0.607. The number of rotatable bonds is 2. The maximum atomic E-state index is 4.69. The molecule has 0 spiro atoms. The van der Waals surface area contributed by atoms with Gasteiger partial charge in [0.2, 0.25) is 0 Å². The lowest BCUT2D eigenvalue weighted by molar-refractivity contribution is 0.392. The summed E-state index contributed by atoms with van der Waals surface area (Å²) >= 11 is 4.69. The van der Waals surface area contributed by atoms with Crippen LogP contribution in [0.3, 0.4) is 0 Å². The van der Waals surface area contributed by atoms with Crippen molar-refractivity contribution < 1.29 is 4.52 Å². The van der Waals surface area contributed by atoms with Crippen LogP contribution in [0.5, 0.6) is 0 Å². The Bertz CT molecular complexity index is 140. The van der Waals surface area contributed by atoms with Gasteiger partial charge in [0.15, 0.2) is 0 Å². The van der Waals surface area contributed by atoms with E-state index in [-0.39, 0.29) is 0 Å². The van der Waals surface area contributed by atoms with Crippen molar-refractivity contribution in [3.63, 3.8) is 0 Å². The molecule has 4 heteroatoms. The van der Waals surface area contributed by atoms with E-state index in [9.17, 15) is 0 Å². The second-order valence-electron chi connectivity index (χ2n) is 1.35. The lowest BCUT2D eigenvalue weighted by Gasteiger charge is -1.79. The Kier molecular flexibility index (Phi) is 1.91. The molecule has 0 atom stereocenters. The normalized spacial score (nSPS) is 9.62. The van der Waals surface area contributed by atoms with Gasteiger partial charge in [-0.1, -0.05) is 12.6 Å². The molecule has 1 heterocycles. The molecule has 1 rings (SSSR count). The molecule has 0 saturated heterocycles. The first-order chi connectivity index (χ1) is 3.93. The summed E-state index contributed by atoms with van der Waals surface area (Å²) in [5.41, 5.74) is 0.833. The maximum Gasteiger partial charge on any atom is 0.147 e. The molecule has 0 aliphatic heterocycles. The van der Waals surface area contributed by atoms with Gasteiger partial charge < -0.3 is 4.52 Å². The van der Waals surface area contributed by atoms with Gasteiger partial charge >= 0.3 is 0 Å². The van der Waals surface area contributed by atoms with E-state index in [1.165, 1.54) is 6.26 Å². The minimum atomic E-state index is 0.675. The summed E-state index contributed by atoms with van der Waals surface area (Å²) < 4.78 is 4.46. The second kappa shape index (κ2) is 2.71. The van der Waals surface area contributed by atoms with Crippen LogP contribution in [0.4, 0.5) is 0 Å². The fourth-order valence-electron chi connectivity index (χ4n) is 0.397. The summed E-state index contributed by atoms with van der Waals surface area (Å²) in [5.74, 6) is 0.675. The van der Waals surface area contributed by atoms with Gasteiger partial charge in [-0.25, -0.2) is 0 Å². The summed E-state index contributed by atoms with van der Waals surface area (Å²) in [7, 11) is 0.